The average molecular weight is 242 g/mol. The van der Waals surface area contributed by atoms with Gasteiger partial charge in [-0.1, -0.05) is 13.8 Å². The maximum absolute atomic E-state index is 10.8. The summed E-state index contributed by atoms with van der Waals surface area (Å²) in [7, 11) is 0. The molecule has 1 saturated heterocycles. The van der Waals surface area contributed by atoms with E-state index in [0.29, 0.717) is 12.0 Å². The minimum Gasteiger partial charge on any atom is -0.396 e. The molecule has 1 heterocycles. The Morgan fingerprint density at radius 3 is 2.18 bits per heavy atom. The fraction of sp³-hybridized carbons (Fsp3) is 1.00. The van der Waals surface area contributed by atoms with Crippen molar-refractivity contribution >= 4 is 0 Å². The molecule has 100 valence electrons. The molecule has 0 bridgehead atoms. The van der Waals surface area contributed by atoms with Gasteiger partial charge in [0.05, 0.1) is 18.8 Å². The summed E-state index contributed by atoms with van der Waals surface area (Å²) in [6, 6.07) is 0. The SMILES string of the molecule is CC1(C)CCC(CO)(C2(O)CCCOC2)CC1. The Hall–Kier alpha value is -0.120. The first-order chi connectivity index (χ1) is 7.93. The van der Waals surface area contributed by atoms with Crippen LogP contribution < -0.4 is 0 Å². The van der Waals surface area contributed by atoms with E-state index in [4.69, 9.17) is 4.74 Å². The van der Waals surface area contributed by atoms with Gasteiger partial charge in [0.15, 0.2) is 0 Å². The number of hydrogen-bond acceptors (Lipinski definition) is 3. The Morgan fingerprint density at radius 2 is 1.71 bits per heavy atom. The normalized spacial score (nSPS) is 36.7. The highest BCUT2D eigenvalue weighted by molar-refractivity contribution is 5.03. The summed E-state index contributed by atoms with van der Waals surface area (Å²) in [6.07, 6.45) is 5.66. The van der Waals surface area contributed by atoms with Crippen LogP contribution in [0.3, 0.4) is 0 Å². The van der Waals surface area contributed by atoms with Crippen molar-refractivity contribution in [3.8, 4) is 0 Å². The molecule has 0 amide bonds. The maximum atomic E-state index is 10.8. The van der Waals surface area contributed by atoms with Crippen molar-refractivity contribution < 1.29 is 14.9 Å². The molecule has 0 aromatic carbocycles. The lowest BCUT2D eigenvalue weighted by Gasteiger charge is -2.52. The second-order valence-electron chi connectivity index (χ2n) is 6.79. The Balaban J connectivity index is 2.14. The Kier molecular flexibility index (Phi) is 3.54. The summed E-state index contributed by atoms with van der Waals surface area (Å²) >= 11 is 0. The average Bonchev–Trinajstić information content (AvgIpc) is 2.30. The molecule has 1 aliphatic carbocycles. The van der Waals surface area contributed by atoms with Gasteiger partial charge in [-0.15, -0.1) is 0 Å². The molecule has 2 N–H and O–H groups in total. The quantitative estimate of drug-likeness (QED) is 0.779. The molecule has 2 rings (SSSR count). The van der Waals surface area contributed by atoms with E-state index in [1.165, 1.54) is 0 Å². The number of aliphatic hydroxyl groups excluding tert-OH is 1. The van der Waals surface area contributed by atoms with Crippen LogP contribution in [-0.2, 0) is 4.74 Å². The monoisotopic (exact) mass is 242 g/mol. The lowest BCUT2D eigenvalue weighted by molar-refractivity contribution is -0.192. The smallest absolute Gasteiger partial charge is 0.0958 e. The first-order valence-corrected chi connectivity index (χ1v) is 6.84. The van der Waals surface area contributed by atoms with Crippen LogP contribution in [0.2, 0.25) is 0 Å². The van der Waals surface area contributed by atoms with Gasteiger partial charge in [-0.2, -0.15) is 0 Å². The van der Waals surface area contributed by atoms with E-state index < -0.39 is 5.60 Å². The summed E-state index contributed by atoms with van der Waals surface area (Å²) in [5.41, 5.74) is -0.788. The van der Waals surface area contributed by atoms with Crippen molar-refractivity contribution in [1.29, 1.82) is 0 Å². The third-order valence-corrected chi connectivity index (χ3v) is 5.07. The predicted molar refractivity (Wildman–Crippen MR) is 66.8 cm³/mol. The van der Waals surface area contributed by atoms with E-state index in [0.717, 1.165) is 45.1 Å². The summed E-state index contributed by atoms with van der Waals surface area (Å²) < 4.78 is 5.46. The Bertz CT molecular complexity index is 257. The minimum atomic E-state index is -0.809. The van der Waals surface area contributed by atoms with Gasteiger partial charge in [-0.05, 0) is 43.9 Å². The van der Waals surface area contributed by atoms with Crippen LogP contribution in [0.15, 0.2) is 0 Å². The second kappa shape index (κ2) is 4.52. The van der Waals surface area contributed by atoms with E-state index >= 15 is 0 Å². The van der Waals surface area contributed by atoms with Crippen LogP contribution in [0.4, 0.5) is 0 Å². The molecule has 1 aliphatic heterocycles. The molecule has 0 spiro atoms. The molecule has 1 atom stereocenters. The molecule has 17 heavy (non-hydrogen) atoms. The molecule has 1 saturated carbocycles. The summed E-state index contributed by atoms with van der Waals surface area (Å²) in [6.45, 7) is 5.78. The Labute approximate surface area is 104 Å². The zero-order chi connectivity index (χ0) is 12.6. The first-order valence-electron chi connectivity index (χ1n) is 6.84. The fourth-order valence-corrected chi connectivity index (χ4v) is 3.37. The third-order valence-electron chi connectivity index (χ3n) is 5.07. The van der Waals surface area contributed by atoms with Crippen LogP contribution in [0.1, 0.15) is 52.4 Å². The number of rotatable bonds is 2. The summed E-state index contributed by atoms with van der Waals surface area (Å²) in [5.74, 6) is 0. The van der Waals surface area contributed by atoms with Crippen LogP contribution in [-0.4, -0.2) is 35.6 Å². The molecule has 0 aromatic heterocycles. The second-order valence-corrected chi connectivity index (χ2v) is 6.79. The Morgan fingerprint density at radius 1 is 1.06 bits per heavy atom. The highest BCUT2D eigenvalue weighted by Crippen LogP contribution is 2.52. The van der Waals surface area contributed by atoms with Gasteiger partial charge in [0.1, 0.15) is 0 Å². The van der Waals surface area contributed by atoms with Crippen LogP contribution in [0, 0.1) is 10.8 Å². The fourth-order valence-electron chi connectivity index (χ4n) is 3.37. The predicted octanol–water partition coefficient (Wildman–Crippen LogP) is 2.11. The molecule has 0 aromatic rings. The van der Waals surface area contributed by atoms with E-state index in [9.17, 15) is 10.2 Å². The van der Waals surface area contributed by atoms with Gasteiger partial charge in [-0.25, -0.2) is 0 Å². The summed E-state index contributed by atoms with van der Waals surface area (Å²) in [5, 5.41) is 20.6. The van der Waals surface area contributed by atoms with E-state index in [1.54, 1.807) is 0 Å². The molecule has 2 aliphatic rings. The van der Waals surface area contributed by atoms with Gasteiger partial charge in [0.2, 0.25) is 0 Å². The standard InChI is InChI=1S/C14H26O3/c1-12(2)5-7-13(10-15,8-6-12)14(16)4-3-9-17-11-14/h15-16H,3-11H2,1-2H3. The van der Waals surface area contributed by atoms with Crippen molar-refractivity contribution in [2.75, 3.05) is 19.8 Å². The lowest BCUT2D eigenvalue weighted by atomic mass is 9.57. The van der Waals surface area contributed by atoms with E-state index in [1.807, 2.05) is 0 Å². The summed E-state index contributed by atoms with van der Waals surface area (Å²) in [4.78, 5) is 0. The van der Waals surface area contributed by atoms with E-state index in [2.05, 4.69) is 13.8 Å². The van der Waals surface area contributed by atoms with Crippen molar-refractivity contribution in [2.45, 2.75) is 58.0 Å². The number of aliphatic hydroxyl groups is 2. The van der Waals surface area contributed by atoms with Crippen molar-refractivity contribution in [3.63, 3.8) is 0 Å². The molecular formula is C14H26O3. The highest BCUT2D eigenvalue weighted by atomic mass is 16.5. The zero-order valence-corrected chi connectivity index (χ0v) is 11.2. The van der Waals surface area contributed by atoms with Crippen LogP contribution >= 0.6 is 0 Å². The van der Waals surface area contributed by atoms with Crippen LogP contribution in [0.25, 0.3) is 0 Å². The molecule has 3 nitrogen and oxygen atoms in total. The molecule has 0 radical (unpaired) electrons. The highest BCUT2D eigenvalue weighted by Gasteiger charge is 2.53. The van der Waals surface area contributed by atoms with Gasteiger partial charge < -0.3 is 14.9 Å². The largest absolute Gasteiger partial charge is 0.396 e. The van der Waals surface area contributed by atoms with Gasteiger partial charge in [0.25, 0.3) is 0 Å². The van der Waals surface area contributed by atoms with Gasteiger partial charge in [-0.3, -0.25) is 0 Å². The van der Waals surface area contributed by atoms with Crippen molar-refractivity contribution in [3.05, 3.63) is 0 Å². The lowest BCUT2D eigenvalue weighted by Crippen LogP contribution is -2.57. The molecular weight excluding hydrogens is 216 g/mol. The van der Waals surface area contributed by atoms with Gasteiger partial charge in [0, 0.05) is 12.0 Å². The van der Waals surface area contributed by atoms with Crippen molar-refractivity contribution in [1.82, 2.24) is 0 Å². The van der Waals surface area contributed by atoms with Crippen LogP contribution in [0.5, 0.6) is 0 Å². The zero-order valence-electron chi connectivity index (χ0n) is 11.2. The first kappa shape index (κ1) is 13.3. The van der Waals surface area contributed by atoms with Crippen molar-refractivity contribution in [2.24, 2.45) is 10.8 Å². The molecule has 2 fully saturated rings. The maximum Gasteiger partial charge on any atom is 0.0958 e. The number of ether oxygens (including phenoxy) is 1. The number of hydrogen-bond donors (Lipinski definition) is 2. The van der Waals surface area contributed by atoms with E-state index in [-0.39, 0.29) is 12.0 Å². The van der Waals surface area contributed by atoms with Gasteiger partial charge >= 0.3 is 0 Å². The molecule has 1 unspecified atom stereocenters. The topological polar surface area (TPSA) is 49.7 Å². The molecule has 3 heteroatoms. The minimum absolute atomic E-state index is 0.0862. The third kappa shape index (κ3) is 2.38.